The molecule has 0 saturated heterocycles. The third-order valence-electron chi connectivity index (χ3n) is 3.15. The van der Waals surface area contributed by atoms with E-state index >= 15 is 0 Å². The zero-order valence-corrected chi connectivity index (χ0v) is 10.7. The highest BCUT2D eigenvalue weighted by atomic mass is 15.2. The number of hydrogen-bond acceptors (Lipinski definition) is 2. The Morgan fingerprint density at radius 1 is 1.62 bits per heavy atom. The van der Waals surface area contributed by atoms with Crippen LogP contribution >= 0.6 is 0 Å². The van der Waals surface area contributed by atoms with Crippen LogP contribution in [-0.2, 0) is 13.5 Å². The summed E-state index contributed by atoms with van der Waals surface area (Å²) in [5.74, 6) is 0. The lowest BCUT2D eigenvalue weighted by atomic mass is 9.85. The van der Waals surface area contributed by atoms with E-state index in [1.807, 2.05) is 17.9 Å². The van der Waals surface area contributed by atoms with Gasteiger partial charge in [0, 0.05) is 25.5 Å². The van der Waals surface area contributed by atoms with E-state index < -0.39 is 0 Å². The van der Waals surface area contributed by atoms with E-state index in [0.29, 0.717) is 0 Å². The van der Waals surface area contributed by atoms with Crippen molar-refractivity contribution in [3.63, 3.8) is 0 Å². The molecule has 0 aromatic carbocycles. The highest BCUT2D eigenvalue weighted by Gasteiger charge is 2.19. The topological polar surface area (TPSA) is 29.9 Å². The van der Waals surface area contributed by atoms with E-state index in [1.165, 1.54) is 5.69 Å². The molecule has 0 aliphatic carbocycles. The fraction of sp³-hybridized carbons (Fsp3) is 0.615. The number of nitrogens with zero attached hydrogens (tertiary/aromatic N) is 2. The average molecular weight is 221 g/mol. The van der Waals surface area contributed by atoms with Crippen molar-refractivity contribution >= 4 is 0 Å². The first-order chi connectivity index (χ1) is 7.61. The number of aryl methyl sites for hydroxylation is 2. The van der Waals surface area contributed by atoms with Crippen LogP contribution in [0.1, 0.15) is 26.0 Å². The number of nitrogens with one attached hydrogen (secondary N) is 1. The number of rotatable bonds is 7. The van der Waals surface area contributed by atoms with E-state index in [1.54, 1.807) is 0 Å². The van der Waals surface area contributed by atoms with Gasteiger partial charge in [0.1, 0.15) is 0 Å². The zero-order valence-electron chi connectivity index (χ0n) is 10.7. The fourth-order valence-corrected chi connectivity index (χ4v) is 1.73. The highest BCUT2D eigenvalue weighted by Crippen LogP contribution is 2.23. The molecule has 0 saturated carbocycles. The number of aromatic nitrogens is 2. The minimum atomic E-state index is 0.167. The van der Waals surface area contributed by atoms with Crippen LogP contribution in [0.15, 0.2) is 24.9 Å². The Bertz CT molecular complexity index is 330. The van der Waals surface area contributed by atoms with Crippen LogP contribution in [0.3, 0.4) is 0 Å². The van der Waals surface area contributed by atoms with E-state index in [0.717, 1.165) is 25.9 Å². The van der Waals surface area contributed by atoms with Gasteiger partial charge in [0.15, 0.2) is 0 Å². The average Bonchev–Trinajstić information content (AvgIpc) is 2.70. The van der Waals surface area contributed by atoms with Gasteiger partial charge >= 0.3 is 0 Å². The molecular formula is C13H23N3. The molecule has 0 aliphatic heterocycles. The summed E-state index contributed by atoms with van der Waals surface area (Å²) >= 11 is 0. The molecule has 3 heteroatoms. The van der Waals surface area contributed by atoms with E-state index in [9.17, 15) is 0 Å². The molecule has 1 N–H and O–H groups in total. The van der Waals surface area contributed by atoms with Crippen LogP contribution in [0, 0.1) is 5.41 Å². The first-order valence-electron chi connectivity index (χ1n) is 5.92. The molecule has 0 spiro atoms. The van der Waals surface area contributed by atoms with Crippen molar-refractivity contribution < 1.29 is 0 Å². The van der Waals surface area contributed by atoms with Gasteiger partial charge in [-0.3, -0.25) is 4.68 Å². The Hall–Kier alpha value is -1.09. The smallest absolute Gasteiger partial charge is 0.0492 e. The Kier molecular flexibility index (Phi) is 4.74. The lowest BCUT2D eigenvalue weighted by Crippen LogP contribution is -2.30. The summed E-state index contributed by atoms with van der Waals surface area (Å²) in [5, 5.41) is 7.57. The summed E-state index contributed by atoms with van der Waals surface area (Å²) in [4.78, 5) is 0. The third kappa shape index (κ3) is 3.49. The first kappa shape index (κ1) is 13.0. The molecule has 0 radical (unpaired) electrons. The molecule has 1 heterocycles. The third-order valence-corrected chi connectivity index (χ3v) is 3.15. The molecule has 1 rings (SSSR count). The monoisotopic (exact) mass is 221 g/mol. The first-order valence-corrected chi connectivity index (χ1v) is 5.92. The predicted octanol–water partition coefficient (Wildman–Crippen LogP) is 2.15. The summed E-state index contributed by atoms with van der Waals surface area (Å²) in [7, 11) is 1.99. The summed E-state index contributed by atoms with van der Waals surface area (Å²) in [6.45, 7) is 10.3. The van der Waals surface area contributed by atoms with Crippen molar-refractivity contribution in [2.45, 2.75) is 26.7 Å². The second-order valence-corrected chi connectivity index (χ2v) is 4.58. The largest absolute Gasteiger partial charge is 0.316 e. The van der Waals surface area contributed by atoms with Crippen LogP contribution < -0.4 is 5.32 Å². The Morgan fingerprint density at radius 2 is 2.38 bits per heavy atom. The lowest BCUT2D eigenvalue weighted by molar-refractivity contribution is 0.365. The fourth-order valence-electron chi connectivity index (χ4n) is 1.73. The molecule has 1 aromatic heterocycles. The Labute approximate surface area is 98.5 Å². The summed E-state index contributed by atoms with van der Waals surface area (Å²) in [6.07, 6.45) is 6.06. The van der Waals surface area contributed by atoms with Crippen LogP contribution in [0.5, 0.6) is 0 Å². The molecular weight excluding hydrogens is 198 g/mol. The van der Waals surface area contributed by atoms with E-state index in [4.69, 9.17) is 0 Å². The van der Waals surface area contributed by atoms with Gasteiger partial charge in [-0.05, 0) is 30.9 Å². The van der Waals surface area contributed by atoms with Gasteiger partial charge in [-0.1, -0.05) is 19.9 Å². The molecule has 1 aromatic rings. The van der Waals surface area contributed by atoms with Crippen molar-refractivity contribution in [2.75, 3.05) is 13.1 Å². The molecule has 16 heavy (non-hydrogen) atoms. The Balaban J connectivity index is 2.51. The van der Waals surface area contributed by atoms with Crippen LogP contribution in [-0.4, -0.2) is 22.9 Å². The summed E-state index contributed by atoms with van der Waals surface area (Å²) < 4.78 is 1.94. The predicted molar refractivity (Wildman–Crippen MR) is 68.4 cm³/mol. The lowest BCUT2D eigenvalue weighted by Gasteiger charge is -2.26. The van der Waals surface area contributed by atoms with Crippen LogP contribution in [0.4, 0.5) is 0 Å². The van der Waals surface area contributed by atoms with E-state index in [2.05, 4.69) is 43.0 Å². The SMILES string of the molecule is C=CC(C)(CCc1ccnn1C)CNCC. The van der Waals surface area contributed by atoms with Crippen molar-refractivity contribution in [2.24, 2.45) is 12.5 Å². The van der Waals surface area contributed by atoms with Crippen LogP contribution in [0.2, 0.25) is 0 Å². The maximum atomic E-state index is 4.18. The highest BCUT2D eigenvalue weighted by molar-refractivity contribution is 5.03. The van der Waals surface area contributed by atoms with Gasteiger partial charge in [0.25, 0.3) is 0 Å². The molecule has 0 fully saturated rings. The molecule has 90 valence electrons. The molecule has 1 unspecified atom stereocenters. The van der Waals surface area contributed by atoms with Crippen molar-refractivity contribution in [1.82, 2.24) is 15.1 Å². The summed E-state index contributed by atoms with van der Waals surface area (Å²) in [5.41, 5.74) is 1.45. The number of hydrogen-bond donors (Lipinski definition) is 1. The minimum Gasteiger partial charge on any atom is -0.316 e. The van der Waals surface area contributed by atoms with Gasteiger partial charge in [-0.15, -0.1) is 6.58 Å². The minimum absolute atomic E-state index is 0.167. The molecule has 0 amide bonds. The van der Waals surface area contributed by atoms with Gasteiger partial charge in [-0.2, -0.15) is 5.10 Å². The molecule has 0 bridgehead atoms. The second kappa shape index (κ2) is 5.85. The summed E-state index contributed by atoms with van der Waals surface area (Å²) in [6, 6.07) is 2.08. The van der Waals surface area contributed by atoms with Crippen molar-refractivity contribution in [1.29, 1.82) is 0 Å². The normalized spacial score (nSPS) is 14.7. The van der Waals surface area contributed by atoms with Crippen LogP contribution in [0.25, 0.3) is 0 Å². The van der Waals surface area contributed by atoms with Crippen molar-refractivity contribution in [3.05, 3.63) is 30.6 Å². The van der Waals surface area contributed by atoms with Gasteiger partial charge in [0.2, 0.25) is 0 Å². The molecule has 0 aliphatic rings. The molecule has 1 atom stereocenters. The zero-order chi connectivity index (χ0) is 12.0. The maximum absolute atomic E-state index is 4.18. The van der Waals surface area contributed by atoms with E-state index in [-0.39, 0.29) is 5.41 Å². The van der Waals surface area contributed by atoms with Crippen molar-refractivity contribution in [3.8, 4) is 0 Å². The maximum Gasteiger partial charge on any atom is 0.0492 e. The van der Waals surface area contributed by atoms with Gasteiger partial charge in [0.05, 0.1) is 0 Å². The molecule has 3 nitrogen and oxygen atoms in total. The second-order valence-electron chi connectivity index (χ2n) is 4.58. The van der Waals surface area contributed by atoms with Gasteiger partial charge in [-0.25, -0.2) is 0 Å². The Morgan fingerprint density at radius 3 is 2.88 bits per heavy atom. The standard InChI is InChI=1S/C13H23N3/c1-5-13(3,11-14-6-2)9-7-12-8-10-15-16(12)4/h5,8,10,14H,1,6-7,9,11H2,2-4H3. The van der Waals surface area contributed by atoms with Gasteiger partial charge < -0.3 is 5.32 Å². The quantitative estimate of drug-likeness (QED) is 0.715.